The van der Waals surface area contributed by atoms with Gasteiger partial charge in [-0.05, 0) is 12.8 Å². The first-order valence-electron chi connectivity index (χ1n) is 4.96. The molecule has 4 nitrogen and oxygen atoms in total. The zero-order valence-corrected chi connectivity index (χ0v) is 9.85. The number of nitrogens with two attached hydrogens (primary N) is 1. The Labute approximate surface area is 86.7 Å². The number of sulfone groups is 1. The van der Waals surface area contributed by atoms with E-state index in [0.717, 1.165) is 19.4 Å². The van der Waals surface area contributed by atoms with Crippen LogP contribution in [0.1, 0.15) is 26.2 Å². The van der Waals surface area contributed by atoms with Crippen molar-refractivity contribution in [1.82, 2.24) is 0 Å². The molecule has 0 saturated heterocycles. The summed E-state index contributed by atoms with van der Waals surface area (Å²) in [5, 5.41) is 0. The van der Waals surface area contributed by atoms with Crippen molar-refractivity contribution in [2.45, 2.75) is 32.2 Å². The summed E-state index contributed by atoms with van der Waals surface area (Å²) in [5.41, 5.74) is 5.62. The lowest BCUT2D eigenvalue weighted by atomic mass is 10.3. The Morgan fingerprint density at radius 2 is 2.00 bits per heavy atom. The highest BCUT2D eigenvalue weighted by molar-refractivity contribution is 7.90. The van der Waals surface area contributed by atoms with Crippen LogP contribution in [-0.2, 0) is 14.6 Å². The summed E-state index contributed by atoms with van der Waals surface area (Å²) in [5.74, 6) is 0.0458. The van der Waals surface area contributed by atoms with Crippen LogP contribution in [0, 0.1) is 0 Å². The molecule has 0 amide bonds. The number of unbranched alkanes of at least 4 members (excludes halogenated alkanes) is 1. The minimum absolute atomic E-state index is 0.0458. The molecule has 0 aliphatic rings. The van der Waals surface area contributed by atoms with Gasteiger partial charge in [0.25, 0.3) is 0 Å². The van der Waals surface area contributed by atoms with E-state index in [9.17, 15) is 8.42 Å². The molecule has 0 radical (unpaired) electrons. The molecule has 1 unspecified atom stereocenters. The van der Waals surface area contributed by atoms with Crippen LogP contribution in [0.4, 0.5) is 0 Å². The van der Waals surface area contributed by atoms with Crippen molar-refractivity contribution in [2.24, 2.45) is 5.73 Å². The first-order valence-corrected chi connectivity index (χ1v) is 7.03. The molecule has 0 saturated carbocycles. The lowest BCUT2D eigenvalue weighted by Crippen LogP contribution is -2.30. The number of hydrogen-bond donors (Lipinski definition) is 1. The highest BCUT2D eigenvalue weighted by Gasteiger charge is 2.10. The third-order valence-electron chi connectivity index (χ3n) is 1.79. The second-order valence-electron chi connectivity index (χ2n) is 3.61. The Balaban J connectivity index is 3.41. The van der Waals surface area contributed by atoms with E-state index in [1.54, 1.807) is 0 Å². The minimum Gasteiger partial charge on any atom is -0.381 e. The van der Waals surface area contributed by atoms with E-state index in [1.165, 1.54) is 6.26 Å². The summed E-state index contributed by atoms with van der Waals surface area (Å²) in [4.78, 5) is 0. The van der Waals surface area contributed by atoms with Gasteiger partial charge in [-0.1, -0.05) is 13.3 Å². The molecule has 1 atom stereocenters. The highest BCUT2D eigenvalue weighted by atomic mass is 32.2. The number of ether oxygens (including phenoxy) is 1. The standard InChI is InChI=1S/C9H21NO3S/c1-3-4-6-13-7-5-9(10)8-14(2,11)12/h9H,3-8,10H2,1-2H3. The minimum atomic E-state index is -2.95. The van der Waals surface area contributed by atoms with Crippen LogP contribution < -0.4 is 5.73 Å². The summed E-state index contributed by atoms with van der Waals surface area (Å²) in [6, 6.07) is -0.299. The summed E-state index contributed by atoms with van der Waals surface area (Å²) in [6.45, 7) is 3.39. The van der Waals surface area contributed by atoms with Crippen LogP contribution in [0.2, 0.25) is 0 Å². The van der Waals surface area contributed by atoms with Crippen LogP contribution in [-0.4, -0.2) is 39.7 Å². The van der Waals surface area contributed by atoms with Crippen LogP contribution in [0.25, 0.3) is 0 Å². The van der Waals surface area contributed by atoms with Gasteiger partial charge < -0.3 is 10.5 Å². The van der Waals surface area contributed by atoms with Gasteiger partial charge in [-0.2, -0.15) is 0 Å². The first kappa shape index (κ1) is 13.9. The molecule has 0 bridgehead atoms. The molecular formula is C9H21NO3S. The molecule has 5 heteroatoms. The molecule has 0 aromatic heterocycles. The van der Waals surface area contributed by atoms with Crippen LogP contribution in [0.15, 0.2) is 0 Å². The summed E-state index contributed by atoms with van der Waals surface area (Å²) in [7, 11) is -2.95. The fourth-order valence-electron chi connectivity index (χ4n) is 1.06. The van der Waals surface area contributed by atoms with Gasteiger partial charge in [0.1, 0.15) is 9.84 Å². The van der Waals surface area contributed by atoms with Crippen molar-refractivity contribution >= 4 is 9.84 Å². The van der Waals surface area contributed by atoms with E-state index in [4.69, 9.17) is 10.5 Å². The largest absolute Gasteiger partial charge is 0.381 e. The molecule has 0 aliphatic heterocycles. The maximum Gasteiger partial charge on any atom is 0.148 e. The second-order valence-corrected chi connectivity index (χ2v) is 5.79. The van der Waals surface area contributed by atoms with Crippen molar-refractivity contribution in [1.29, 1.82) is 0 Å². The lowest BCUT2D eigenvalue weighted by molar-refractivity contribution is 0.125. The Kier molecular flexibility index (Phi) is 7.13. The third kappa shape index (κ3) is 9.95. The smallest absolute Gasteiger partial charge is 0.148 e. The monoisotopic (exact) mass is 223 g/mol. The van der Waals surface area contributed by atoms with Crippen molar-refractivity contribution < 1.29 is 13.2 Å². The quantitative estimate of drug-likeness (QED) is 0.611. The van der Waals surface area contributed by atoms with Gasteiger partial charge in [0, 0.05) is 25.5 Å². The van der Waals surface area contributed by atoms with Gasteiger partial charge >= 0.3 is 0 Å². The second kappa shape index (κ2) is 7.20. The van der Waals surface area contributed by atoms with Crippen LogP contribution in [0.3, 0.4) is 0 Å². The summed E-state index contributed by atoms with van der Waals surface area (Å²) < 4.78 is 27.0. The first-order chi connectivity index (χ1) is 6.45. The van der Waals surface area contributed by atoms with Gasteiger partial charge in [-0.25, -0.2) is 8.42 Å². The average Bonchev–Trinajstić information content (AvgIpc) is 2.00. The van der Waals surface area contributed by atoms with Gasteiger partial charge in [0.05, 0.1) is 5.75 Å². The van der Waals surface area contributed by atoms with Gasteiger partial charge in [0.2, 0.25) is 0 Å². The fourth-order valence-corrected chi connectivity index (χ4v) is 2.00. The number of hydrogen-bond acceptors (Lipinski definition) is 4. The molecule has 0 rings (SSSR count). The van der Waals surface area contributed by atoms with Crippen LogP contribution >= 0.6 is 0 Å². The molecular weight excluding hydrogens is 202 g/mol. The maximum absolute atomic E-state index is 10.9. The molecule has 0 heterocycles. The predicted molar refractivity (Wildman–Crippen MR) is 58.0 cm³/mol. The fraction of sp³-hybridized carbons (Fsp3) is 1.00. The molecule has 0 aromatic rings. The average molecular weight is 223 g/mol. The van der Waals surface area contributed by atoms with Crippen LogP contribution in [0.5, 0.6) is 0 Å². The zero-order chi connectivity index (χ0) is 11.0. The summed E-state index contributed by atoms with van der Waals surface area (Å²) >= 11 is 0. The topological polar surface area (TPSA) is 69.4 Å². The van der Waals surface area contributed by atoms with Gasteiger partial charge in [-0.15, -0.1) is 0 Å². The van der Waals surface area contributed by atoms with Crippen molar-refractivity contribution in [3.8, 4) is 0 Å². The predicted octanol–water partition coefficient (Wildman–Crippen LogP) is 0.565. The number of rotatable bonds is 8. The molecule has 2 N–H and O–H groups in total. The zero-order valence-electron chi connectivity index (χ0n) is 9.03. The Morgan fingerprint density at radius 1 is 1.36 bits per heavy atom. The maximum atomic E-state index is 10.9. The van der Waals surface area contributed by atoms with Crippen molar-refractivity contribution in [3.05, 3.63) is 0 Å². The van der Waals surface area contributed by atoms with E-state index < -0.39 is 9.84 Å². The van der Waals surface area contributed by atoms with Gasteiger partial charge in [-0.3, -0.25) is 0 Å². The summed E-state index contributed by atoms with van der Waals surface area (Å²) in [6.07, 6.45) is 3.96. The SMILES string of the molecule is CCCCOCCC(N)CS(C)(=O)=O. The third-order valence-corrected chi connectivity index (χ3v) is 2.83. The van der Waals surface area contributed by atoms with E-state index >= 15 is 0 Å². The van der Waals surface area contributed by atoms with E-state index in [1.807, 2.05) is 0 Å². The Hall–Kier alpha value is -0.130. The van der Waals surface area contributed by atoms with Crippen molar-refractivity contribution in [2.75, 3.05) is 25.2 Å². The molecule has 86 valence electrons. The van der Waals surface area contributed by atoms with E-state index in [-0.39, 0.29) is 11.8 Å². The van der Waals surface area contributed by atoms with E-state index in [2.05, 4.69) is 6.92 Å². The van der Waals surface area contributed by atoms with Crippen molar-refractivity contribution in [3.63, 3.8) is 0 Å². The molecule has 0 aliphatic carbocycles. The molecule has 0 fully saturated rings. The van der Waals surface area contributed by atoms with E-state index in [0.29, 0.717) is 13.0 Å². The molecule has 14 heavy (non-hydrogen) atoms. The Morgan fingerprint density at radius 3 is 2.50 bits per heavy atom. The normalized spacial score (nSPS) is 14.2. The Bertz CT molecular complexity index is 226. The molecule has 0 spiro atoms. The molecule has 0 aromatic carbocycles. The lowest BCUT2D eigenvalue weighted by Gasteiger charge is -2.10. The highest BCUT2D eigenvalue weighted by Crippen LogP contribution is 1.96. The van der Waals surface area contributed by atoms with Gasteiger partial charge in [0.15, 0.2) is 0 Å².